The Labute approximate surface area is 131 Å². The number of rotatable bonds is 6. The van der Waals surface area contributed by atoms with Gasteiger partial charge < -0.3 is 15.4 Å². The Morgan fingerprint density at radius 2 is 1.95 bits per heavy atom. The van der Waals surface area contributed by atoms with Crippen molar-refractivity contribution in [1.29, 1.82) is 0 Å². The van der Waals surface area contributed by atoms with Gasteiger partial charge in [-0.05, 0) is 40.0 Å². The predicted molar refractivity (Wildman–Crippen MR) is 87.0 cm³/mol. The second-order valence-corrected chi connectivity index (χ2v) is 8.35. The highest BCUT2D eigenvalue weighted by molar-refractivity contribution is 7.85. The molecule has 124 valence electrons. The van der Waals surface area contributed by atoms with Crippen LogP contribution < -0.4 is 10.6 Å². The number of nitrogens with one attached hydrogen (secondary N) is 2. The van der Waals surface area contributed by atoms with E-state index in [-0.39, 0.29) is 12.1 Å². The van der Waals surface area contributed by atoms with Crippen molar-refractivity contribution in [2.75, 3.05) is 18.1 Å². The number of amides is 1. The van der Waals surface area contributed by atoms with Crippen LogP contribution in [0.4, 0.5) is 4.79 Å². The Hall–Kier alpha value is -0.620. The molecular weight excluding hydrogens is 288 g/mol. The fourth-order valence-corrected chi connectivity index (χ4v) is 3.71. The van der Waals surface area contributed by atoms with Crippen LogP contribution in [0.5, 0.6) is 0 Å². The molecule has 2 N–H and O–H groups in total. The summed E-state index contributed by atoms with van der Waals surface area (Å²) in [5.74, 6) is 1.58. The van der Waals surface area contributed by atoms with Crippen molar-refractivity contribution >= 4 is 16.9 Å². The van der Waals surface area contributed by atoms with Gasteiger partial charge in [0.25, 0.3) is 0 Å². The Morgan fingerprint density at radius 1 is 1.33 bits per heavy atom. The van der Waals surface area contributed by atoms with Gasteiger partial charge in [-0.15, -0.1) is 0 Å². The minimum Gasteiger partial charge on any atom is -0.444 e. The molecule has 0 aromatic carbocycles. The molecule has 0 radical (unpaired) electrons. The number of carbonyl (C=O) groups is 1. The minimum absolute atomic E-state index is 0.249. The van der Waals surface area contributed by atoms with Crippen LogP contribution in [0.15, 0.2) is 0 Å². The fraction of sp³-hybridized carbons (Fsp3) is 0.933. The maximum absolute atomic E-state index is 11.7. The molecule has 0 aromatic rings. The zero-order valence-electron chi connectivity index (χ0n) is 13.7. The van der Waals surface area contributed by atoms with E-state index in [1.165, 1.54) is 0 Å². The topological polar surface area (TPSA) is 67.4 Å². The molecule has 1 heterocycles. The van der Waals surface area contributed by atoms with Gasteiger partial charge in [0.2, 0.25) is 0 Å². The lowest BCUT2D eigenvalue weighted by Crippen LogP contribution is -2.48. The quantitative estimate of drug-likeness (QED) is 0.788. The molecule has 1 unspecified atom stereocenters. The molecule has 0 spiro atoms. The largest absolute Gasteiger partial charge is 0.444 e. The molecule has 0 saturated carbocycles. The van der Waals surface area contributed by atoms with Crippen molar-refractivity contribution in [3.63, 3.8) is 0 Å². The van der Waals surface area contributed by atoms with Crippen molar-refractivity contribution in [3.8, 4) is 0 Å². The summed E-state index contributed by atoms with van der Waals surface area (Å²) in [6.45, 7) is 8.28. The van der Waals surface area contributed by atoms with Crippen molar-refractivity contribution in [2.45, 2.75) is 71.1 Å². The van der Waals surface area contributed by atoms with Gasteiger partial charge in [-0.3, -0.25) is 4.21 Å². The second-order valence-electron chi connectivity index (χ2n) is 6.66. The molecular formula is C15H30N2O3S. The Balaban J connectivity index is 2.35. The van der Waals surface area contributed by atoms with Gasteiger partial charge in [-0.2, -0.15) is 0 Å². The van der Waals surface area contributed by atoms with Gasteiger partial charge in [0.05, 0.1) is 0 Å². The molecule has 6 heteroatoms. The molecule has 0 aromatic heterocycles. The Morgan fingerprint density at radius 3 is 2.48 bits per heavy atom. The lowest BCUT2D eigenvalue weighted by Gasteiger charge is -2.28. The normalized spacial score (nSPS) is 24.4. The molecule has 1 saturated heterocycles. The molecule has 1 aliphatic heterocycles. The summed E-state index contributed by atoms with van der Waals surface area (Å²) in [6.07, 6.45) is 3.62. The van der Waals surface area contributed by atoms with E-state index in [0.717, 1.165) is 37.2 Å². The molecule has 21 heavy (non-hydrogen) atoms. The van der Waals surface area contributed by atoms with Gasteiger partial charge >= 0.3 is 6.09 Å². The standard InChI is InChI=1S/C15H30N2O3S/c1-5-6-13(11-16-14(18)20-15(2,3)4)17-12-7-9-21(19)10-8-12/h12-13,17H,5-11H2,1-4H3,(H,16,18). The van der Waals surface area contributed by atoms with E-state index in [9.17, 15) is 9.00 Å². The number of carbonyl (C=O) groups excluding carboxylic acids is 1. The first-order valence-electron chi connectivity index (χ1n) is 7.88. The van der Waals surface area contributed by atoms with Gasteiger partial charge in [0.15, 0.2) is 0 Å². The monoisotopic (exact) mass is 318 g/mol. The van der Waals surface area contributed by atoms with Crippen LogP contribution in [-0.4, -0.2) is 46.0 Å². The summed E-state index contributed by atoms with van der Waals surface area (Å²) in [5, 5.41) is 6.43. The van der Waals surface area contributed by atoms with E-state index in [1.807, 2.05) is 20.8 Å². The van der Waals surface area contributed by atoms with Crippen LogP contribution in [0.3, 0.4) is 0 Å². The third kappa shape index (κ3) is 8.41. The van der Waals surface area contributed by atoms with Crippen molar-refractivity contribution in [1.82, 2.24) is 10.6 Å². The molecule has 0 bridgehead atoms. The van der Waals surface area contributed by atoms with Gasteiger partial charge in [-0.1, -0.05) is 13.3 Å². The average Bonchev–Trinajstić information content (AvgIpc) is 2.37. The highest BCUT2D eigenvalue weighted by Crippen LogP contribution is 2.11. The van der Waals surface area contributed by atoms with Crippen molar-refractivity contribution < 1.29 is 13.7 Å². The zero-order chi connectivity index (χ0) is 15.9. The molecule has 1 fully saturated rings. The van der Waals surface area contributed by atoms with Gasteiger partial charge in [0, 0.05) is 40.9 Å². The van der Waals surface area contributed by atoms with E-state index < -0.39 is 16.4 Å². The highest BCUT2D eigenvalue weighted by Gasteiger charge is 2.22. The molecule has 1 rings (SSSR count). The third-order valence-corrected chi connectivity index (χ3v) is 4.77. The summed E-state index contributed by atoms with van der Waals surface area (Å²) in [5.41, 5.74) is -0.467. The van der Waals surface area contributed by atoms with Crippen LogP contribution in [0.1, 0.15) is 53.4 Å². The summed E-state index contributed by atoms with van der Waals surface area (Å²) in [6, 6.07) is 0.666. The van der Waals surface area contributed by atoms with Gasteiger partial charge in [0.1, 0.15) is 5.60 Å². The number of alkyl carbamates (subject to hydrolysis) is 1. The molecule has 1 atom stereocenters. The summed E-state index contributed by atoms with van der Waals surface area (Å²) in [7, 11) is -0.632. The summed E-state index contributed by atoms with van der Waals surface area (Å²) < 4.78 is 16.6. The number of hydrogen-bond donors (Lipinski definition) is 2. The van der Waals surface area contributed by atoms with Crippen LogP contribution in [0, 0.1) is 0 Å². The first kappa shape index (κ1) is 18.4. The van der Waals surface area contributed by atoms with Gasteiger partial charge in [-0.25, -0.2) is 4.79 Å². The highest BCUT2D eigenvalue weighted by atomic mass is 32.2. The van der Waals surface area contributed by atoms with Crippen molar-refractivity contribution in [3.05, 3.63) is 0 Å². The summed E-state index contributed by atoms with van der Waals surface area (Å²) >= 11 is 0. The lowest BCUT2D eigenvalue weighted by atomic mass is 10.1. The minimum atomic E-state index is -0.632. The maximum Gasteiger partial charge on any atom is 0.407 e. The van der Waals surface area contributed by atoms with E-state index in [1.54, 1.807) is 0 Å². The summed E-state index contributed by atoms with van der Waals surface area (Å²) in [4.78, 5) is 11.7. The average molecular weight is 318 g/mol. The molecule has 1 amide bonds. The van der Waals surface area contributed by atoms with Crippen LogP contribution in [0.25, 0.3) is 0 Å². The Kier molecular flexibility index (Phi) is 7.66. The Bertz CT molecular complexity index is 345. The zero-order valence-corrected chi connectivity index (χ0v) is 14.6. The van der Waals surface area contributed by atoms with E-state index in [0.29, 0.717) is 12.6 Å². The van der Waals surface area contributed by atoms with Crippen LogP contribution >= 0.6 is 0 Å². The van der Waals surface area contributed by atoms with E-state index in [4.69, 9.17) is 4.74 Å². The fourth-order valence-electron chi connectivity index (χ4n) is 2.41. The van der Waals surface area contributed by atoms with Crippen LogP contribution in [0.2, 0.25) is 0 Å². The van der Waals surface area contributed by atoms with E-state index >= 15 is 0 Å². The molecule has 5 nitrogen and oxygen atoms in total. The van der Waals surface area contributed by atoms with Crippen molar-refractivity contribution in [2.24, 2.45) is 0 Å². The lowest BCUT2D eigenvalue weighted by molar-refractivity contribution is 0.0520. The first-order valence-corrected chi connectivity index (χ1v) is 9.37. The van der Waals surface area contributed by atoms with E-state index in [2.05, 4.69) is 17.6 Å². The third-order valence-electron chi connectivity index (χ3n) is 3.39. The van der Waals surface area contributed by atoms with Crippen LogP contribution in [-0.2, 0) is 15.5 Å². The SMILES string of the molecule is CCCC(CNC(=O)OC(C)(C)C)NC1CCS(=O)CC1. The number of hydrogen-bond acceptors (Lipinski definition) is 4. The second kappa shape index (κ2) is 8.73. The maximum atomic E-state index is 11.7. The molecule has 1 aliphatic rings. The molecule has 0 aliphatic carbocycles. The smallest absolute Gasteiger partial charge is 0.407 e. The number of ether oxygens (including phenoxy) is 1. The first-order chi connectivity index (χ1) is 9.80. The predicted octanol–water partition coefficient (Wildman–Crippen LogP) is 2.18.